The van der Waals surface area contributed by atoms with Crippen LogP contribution >= 0.6 is 0 Å². The number of carboxylic acid groups (broad SMARTS) is 1. The van der Waals surface area contributed by atoms with Crippen LogP contribution in [0.15, 0.2) is 24.3 Å². The Kier molecular flexibility index (Phi) is 5.10. The number of hydrogen-bond acceptors (Lipinski definition) is 3. The van der Waals surface area contributed by atoms with Crippen LogP contribution in [0.5, 0.6) is 0 Å². The van der Waals surface area contributed by atoms with Gasteiger partial charge < -0.3 is 20.4 Å². The molecule has 6 heteroatoms. The standard InChI is InChI=1S/C14H20N2O4/c1-14(2,12(18)19)10-4-6-11(7-5-10)15-13(20)16(3)8-9-17/h4-7,17H,8-9H2,1-3H3,(H,15,20)(H,18,19). The van der Waals surface area contributed by atoms with Crippen LogP contribution in [0, 0.1) is 0 Å². The van der Waals surface area contributed by atoms with Crippen molar-refractivity contribution in [3.63, 3.8) is 0 Å². The van der Waals surface area contributed by atoms with E-state index in [-0.39, 0.29) is 19.2 Å². The number of rotatable bonds is 5. The van der Waals surface area contributed by atoms with Crippen LogP contribution in [0.4, 0.5) is 10.5 Å². The molecule has 0 atom stereocenters. The number of aliphatic carboxylic acids is 1. The number of urea groups is 1. The van der Waals surface area contributed by atoms with Gasteiger partial charge in [-0.2, -0.15) is 0 Å². The van der Waals surface area contributed by atoms with Gasteiger partial charge in [0.15, 0.2) is 0 Å². The Labute approximate surface area is 118 Å². The summed E-state index contributed by atoms with van der Waals surface area (Å²) >= 11 is 0. The lowest BCUT2D eigenvalue weighted by Crippen LogP contribution is -2.33. The Morgan fingerprint density at radius 3 is 2.25 bits per heavy atom. The fourth-order valence-electron chi connectivity index (χ4n) is 1.56. The summed E-state index contributed by atoms with van der Waals surface area (Å²) in [5.74, 6) is -0.906. The number of benzene rings is 1. The molecule has 0 fully saturated rings. The molecule has 0 heterocycles. The topological polar surface area (TPSA) is 89.9 Å². The van der Waals surface area contributed by atoms with Crippen LogP contribution < -0.4 is 5.32 Å². The fourth-order valence-corrected chi connectivity index (χ4v) is 1.56. The molecule has 0 aliphatic rings. The molecule has 20 heavy (non-hydrogen) atoms. The van der Waals surface area contributed by atoms with Crippen molar-refractivity contribution in [2.24, 2.45) is 0 Å². The van der Waals surface area contributed by atoms with E-state index in [0.717, 1.165) is 0 Å². The van der Waals surface area contributed by atoms with Crippen molar-refractivity contribution in [1.29, 1.82) is 0 Å². The molecule has 1 aromatic rings. The van der Waals surface area contributed by atoms with Gasteiger partial charge in [0, 0.05) is 19.3 Å². The lowest BCUT2D eigenvalue weighted by Gasteiger charge is -2.20. The quantitative estimate of drug-likeness (QED) is 0.762. The Balaban J connectivity index is 2.77. The van der Waals surface area contributed by atoms with Crippen molar-refractivity contribution < 1.29 is 19.8 Å². The first kappa shape index (κ1) is 16.0. The van der Waals surface area contributed by atoms with Crippen molar-refractivity contribution in [3.8, 4) is 0 Å². The largest absolute Gasteiger partial charge is 0.481 e. The smallest absolute Gasteiger partial charge is 0.321 e. The number of anilines is 1. The van der Waals surface area contributed by atoms with Crippen LogP contribution in [-0.4, -0.2) is 47.3 Å². The molecular weight excluding hydrogens is 260 g/mol. The van der Waals surface area contributed by atoms with Gasteiger partial charge in [0.1, 0.15) is 0 Å². The van der Waals surface area contributed by atoms with E-state index in [9.17, 15) is 9.59 Å². The summed E-state index contributed by atoms with van der Waals surface area (Å²) < 4.78 is 0. The van der Waals surface area contributed by atoms with E-state index in [1.54, 1.807) is 45.2 Å². The average Bonchev–Trinajstić information content (AvgIpc) is 2.39. The fraction of sp³-hybridized carbons (Fsp3) is 0.429. The minimum Gasteiger partial charge on any atom is -0.481 e. The van der Waals surface area contributed by atoms with Gasteiger partial charge in [-0.05, 0) is 31.5 Å². The molecule has 1 rings (SSSR count). The van der Waals surface area contributed by atoms with Crippen molar-refractivity contribution in [2.75, 3.05) is 25.5 Å². The van der Waals surface area contributed by atoms with Gasteiger partial charge in [0.25, 0.3) is 0 Å². The Morgan fingerprint density at radius 1 is 1.25 bits per heavy atom. The number of aliphatic hydroxyl groups is 1. The Bertz CT molecular complexity index is 482. The second-order valence-corrected chi connectivity index (χ2v) is 5.08. The highest BCUT2D eigenvalue weighted by molar-refractivity contribution is 5.89. The minimum atomic E-state index is -0.976. The van der Waals surface area contributed by atoms with Crippen LogP contribution in [0.3, 0.4) is 0 Å². The maximum atomic E-state index is 11.7. The molecule has 0 bridgehead atoms. The molecule has 110 valence electrons. The van der Waals surface area contributed by atoms with Crippen molar-refractivity contribution >= 4 is 17.7 Å². The van der Waals surface area contributed by atoms with E-state index in [0.29, 0.717) is 11.3 Å². The highest BCUT2D eigenvalue weighted by Crippen LogP contribution is 2.24. The van der Waals surface area contributed by atoms with E-state index in [4.69, 9.17) is 10.2 Å². The molecular formula is C14H20N2O4. The minimum absolute atomic E-state index is 0.102. The highest BCUT2D eigenvalue weighted by Gasteiger charge is 2.29. The molecule has 0 aliphatic heterocycles. The molecule has 0 saturated carbocycles. The summed E-state index contributed by atoms with van der Waals surface area (Å²) in [5, 5.41) is 20.6. The van der Waals surface area contributed by atoms with Crippen LogP contribution in [0.1, 0.15) is 19.4 Å². The SMILES string of the molecule is CN(CCO)C(=O)Nc1ccc(C(C)(C)C(=O)O)cc1. The molecule has 6 nitrogen and oxygen atoms in total. The first-order valence-corrected chi connectivity index (χ1v) is 6.26. The number of aliphatic hydroxyl groups excluding tert-OH is 1. The third-order valence-corrected chi connectivity index (χ3v) is 3.17. The van der Waals surface area contributed by atoms with Gasteiger partial charge in [-0.3, -0.25) is 4.79 Å². The Hall–Kier alpha value is -2.08. The first-order chi connectivity index (χ1) is 9.28. The zero-order valence-corrected chi connectivity index (χ0v) is 11.9. The molecule has 0 saturated heterocycles. The number of carbonyl (C=O) groups excluding carboxylic acids is 1. The van der Waals surface area contributed by atoms with E-state index < -0.39 is 11.4 Å². The van der Waals surface area contributed by atoms with Crippen molar-refractivity contribution in [2.45, 2.75) is 19.3 Å². The summed E-state index contributed by atoms with van der Waals surface area (Å²) in [6, 6.07) is 6.34. The van der Waals surface area contributed by atoms with E-state index >= 15 is 0 Å². The molecule has 0 spiro atoms. The van der Waals surface area contributed by atoms with Gasteiger partial charge >= 0.3 is 12.0 Å². The summed E-state index contributed by atoms with van der Waals surface area (Å²) in [6.07, 6.45) is 0. The second-order valence-electron chi connectivity index (χ2n) is 5.08. The van der Waals surface area contributed by atoms with Gasteiger partial charge in [-0.15, -0.1) is 0 Å². The summed E-state index contributed by atoms with van der Waals surface area (Å²) in [6.45, 7) is 3.39. The van der Waals surface area contributed by atoms with Gasteiger partial charge in [0.2, 0.25) is 0 Å². The van der Waals surface area contributed by atoms with Crippen molar-refractivity contribution in [3.05, 3.63) is 29.8 Å². The summed E-state index contributed by atoms with van der Waals surface area (Å²) in [5.41, 5.74) is 0.257. The number of nitrogens with zero attached hydrogens (tertiary/aromatic N) is 1. The van der Waals surface area contributed by atoms with E-state index in [1.165, 1.54) is 4.90 Å². The van der Waals surface area contributed by atoms with Crippen LogP contribution in [0.25, 0.3) is 0 Å². The summed E-state index contributed by atoms with van der Waals surface area (Å²) in [4.78, 5) is 24.2. The highest BCUT2D eigenvalue weighted by atomic mass is 16.4. The summed E-state index contributed by atoms with van der Waals surface area (Å²) in [7, 11) is 1.58. The zero-order valence-electron chi connectivity index (χ0n) is 11.9. The monoisotopic (exact) mass is 280 g/mol. The average molecular weight is 280 g/mol. The molecule has 0 radical (unpaired) electrons. The molecule has 0 aromatic heterocycles. The number of likely N-dealkylation sites (N-methyl/N-ethyl adjacent to an activating group) is 1. The van der Waals surface area contributed by atoms with Crippen molar-refractivity contribution in [1.82, 2.24) is 4.90 Å². The number of carbonyl (C=O) groups is 2. The predicted octanol–water partition coefficient (Wildman–Crippen LogP) is 1.50. The van der Waals surface area contributed by atoms with E-state index in [2.05, 4.69) is 5.32 Å². The first-order valence-electron chi connectivity index (χ1n) is 6.26. The second kappa shape index (κ2) is 6.38. The third kappa shape index (κ3) is 3.71. The number of nitrogens with one attached hydrogen (secondary N) is 1. The van der Waals surface area contributed by atoms with Gasteiger partial charge in [0.05, 0.1) is 12.0 Å². The molecule has 1 aromatic carbocycles. The molecule has 3 N–H and O–H groups in total. The van der Waals surface area contributed by atoms with Crippen LogP contribution in [0.2, 0.25) is 0 Å². The maximum Gasteiger partial charge on any atom is 0.321 e. The maximum absolute atomic E-state index is 11.7. The van der Waals surface area contributed by atoms with Gasteiger partial charge in [-0.1, -0.05) is 12.1 Å². The number of carboxylic acids is 1. The van der Waals surface area contributed by atoms with E-state index in [1.807, 2.05) is 0 Å². The number of amides is 2. The Morgan fingerprint density at radius 2 is 1.80 bits per heavy atom. The lowest BCUT2D eigenvalue weighted by molar-refractivity contribution is -0.142. The molecule has 2 amide bonds. The number of hydrogen-bond donors (Lipinski definition) is 3. The lowest BCUT2D eigenvalue weighted by atomic mass is 9.85. The third-order valence-electron chi connectivity index (χ3n) is 3.17. The molecule has 0 unspecified atom stereocenters. The molecule has 0 aliphatic carbocycles. The van der Waals surface area contributed by atoms with Crippen LogP contribution in [-0.2, 0) is 10.2 Å². The zero-order chi connectivity index (χ0) is 15.3. The predicted molar refractivity (Wildman–Crippen MR) is 75.8 cm³/mol. The van der Waals surface area contributed by atoms with Gasteiger partial charge in [-0.25, -0.2) is 4.79 Å². The normalized spacial score (nSPS) is 11.0.